The number of amides is 2. The van der Waals surface area contributed by atoms with Gasteiger partial charge in [-0.15, -0.1) is 0 Å². The number of urea groups is 1. The van der Waals surface area contributed by atoms with E-state index in [1.54, 1.807) is 0 Å². The van der Waals surface area contributed by atoms with Gasteiger partial charge in [-0.05, 0) is 37.5 Å². The van der Waals surface area contributed by atoms with Gasteiger partial charge in [-0.1, -0.05) is 17.3 Å². The summed E-state index contributed by atoms with van der Waals surface area (Å²) < 4.78 is 5.25. The number of carbonyl (C=O) groups is 1. The number of benzene rings is 1. The van der Waals surface area contributed by atoms with Crippen LogP contribution in [0.4, 0.5) is 10.5 Å². The van der Waals surface area contributed by atoms with Crippen LogP contribution in [0.15, 0.2) is 28.8 Å². The topological polar surface area (TPSA) is 74.5 Å². The monoisotopic (exact) mass is 343 g/mol. The molecule has 25 heavy (non-hydrogen) atoms. The largest absolute Gasteiger partial charge is 0.378 e. The summed E-state index contributed by atoms with van der Waals surface area (Å²) in [5.41, 5.74) is 2.24. The third-order valence-electron chi connectivity index (χ3n) is 4.57. The average Bonchev–Trinajstić information content (AvgIpc) is 3.06. The highest BCUT2D eigenvalue weighted by atomic mass is 16.5. The Morgan fingerprint density at radius 1 is 1.28 bits per heavy atom. The smallest absolute Gasteiger partial charge is 0.317 e. The average molecular weight is 343 g/mol. The lowest BCUT2D eigenvalue weighted by Crippen LogP contribution is -2.43. The highest BCUT2D eigenvalue weighted by molar-refractivity contribution is 5.74. The molecule has 1 aliphatic heterocycles. The number of anilines is 1. The molecule has 1 fully saturated rings. The molecular weight excluding hydrogens is 318 g/mol. The predicted octanol–water partition coefficient (Wildman–Crippen LogP) is 2.53. The zero-order chi connectivity index (χ0) is 17.8. The summed E-state index contributed by atoms with van der Waals surface area (Å²) in [6, 6.07) is 8.18. The first-order valence-electron chi connectivity index (χ1n) is 8.62. The minimum absolute atomic E-state index is 0.0168. The van der Waals surface area contributed by atoms with Crippen molar-refractivity contribution in [2.75, 3.05) is 32.1 Å². The van der Waals surface area contributed by atoms with Crippen molar-refractivity contribution in [2.24, 2.45) is 0 Å². The quantitative estimate of drug-likeness (QED) is 0.923. The van der Waals surface area contributed by atoms with Crippen LogP contribution in [0.25, 0.3) is 0 Å². The number of carbonyl (C=O) groups excluding carboxylic acids is 1. The van der Waals surface area contributed by atoms with Crippen LogP contribution in [0.3, 0.4) is 0 Å². The predicted molar refractivity (Wildman–Crippen MR) is 95.6 cm³/mol. The highest BCUT2D eigenvalue weighted by Crippen LogP contribution is 2.26. The minimum Gasteiger partial charge on any atom is -0.378 e. The van der Waals surface area contributed by atoms with Crippen LogP contribution in [0.5, 0.6) is 0 Å². The third kappa shape index (κ3) is 4.29. The van der Waals surface area contributed by atoms with Gasteiger partial charge in [0.1, 0.15) is 0 Å². The fourth-order valence-electron chi connectivity index (χ4n) is 3.01. The van der Waals surface area contributed by atoms with Crippen molar-refractivity contribution in [1.29, 1.82) is 0 Å². The molecule has 134 valence electrons. The van der Waals surface area contributed by atoms with Crippen LogP contribution in [0, 0.1) is 6.92 Å². The second-order valence-electron chi connectivity index (χ2n) is 6.66. The number of aromatic nitrogens is 2. The normalized spacial score (nSPS) is 15.2. The fraction of sp³-hybridized carbons (Fsp3) is 0.500. The van der Waals surface area contributed by atoms with Gasteiger partial charge in [0.15, 0.2) is 5.82 Å². The lowest BCUT2D eigenvalue weighted by Gasteiger charge is -2.30. The van der Waals surface area contributed by atoms with Crippen molar-refractivity contribution in [3.8, 4) is 0 Å². The molecular formula is C18H25N5O2. The van der Waals surface area contributed by atoms with Crippen LogP contribution in [-0.4, -0.2) is 48.3 Å². The van der Waals surface area contributed by atoms with E-state index >= 15 is 0 Å². The Morgan fingerprint density at radius 3 is 2.52 bits per heavy atom. The number of nitrogens with one attached hydrogen (secondary N) is 1. The number of hydrogen-bond donors (Lipinski definition) is 1. The summed E-state index contributed by atoms with van der Waals surface area (Å²) in [4.78, 5) is 20.6. The molecule has 1 aromatic heterocycles. The lowest BCUT2D eigenvalue weighted by molar-refractivity contribution is 0.175. The van der Waals surface area contributed by atoms with Crippen molar-refractivity contribution < 1.29 is 9.32 Å². The second-order valence-corrected chi connectivity index (χ2v) is 6.66. The molecule has 0 radical (unpaired) electrons. The molecule has 7 heteroatoms. The van der Waals surface area contributed by atoms with Gasteiger partial charge >= 0.3 is 6.03 Å². The maximum Gasteiger partial charge on any atom is 0.317 e. The molecule has 2 aromatic rings. The van der Waals surface area contributed by atoms with Crippen LogP contribution < -0.4 is 10.2 Å². The van der Waals surface area contributed by atoms with Crippen LogP contribution >= 0.6 is 0 Å². The standard InChI is InChI=1S/C18H25N5O2/c1-13-20-17(25-21-13)15-8-10-23(11-9-15)18(24)19-12-14-4-6-16(7-5-14)22(2)3/h4-7,15H,8-12H2,1-3H3,(H,19,24). The Balaban J connectivity index is 1.46. The molecule has 0 saturated carbocycles. The van der Waals surface area contributed by atoms with Crippen LogP contribution in [-0.2, 0) is 6.54 Å². The van der Waals surface area contributed by atoms with E-state index in [0.717, 1.165) is 24.1 Å². The van der Waals surface area contributed by atoms with Gasteiger partial charge in [0.05, 0.1) is 0 Å². The Kier molecular flexibility index (Phi) is 5.21. The number of likely N-dealkylation sites (tertiary alicyclic amines) is 1. The number of piperidine rings is 1. The Hall–Kier alpha value is -2.57. The van der Waals surface area contributed by atoms with Gasteiger partial charge in [0.25, 0.3) is 0 Å². The molecule has 0 spiro atoms. The van der Waals surface area contributed by atoms with E-state index in [9.17, 15) is 4.79 Å². The zero-order valence-electron chi connectivity index (χ0n) is 15.0. The van der Waals surface area contributed by atoms with E-state index in [0.29, 0.717) is 31.3 Å². The zero-order valence-corrected chi connectivity index (χ0v) is 15.0. The second kappa shape index (κ2) is 7.55. The van der Waals surface area contributed by atoms with E-state index in [4.69, 9.17) is 4.52 Å². The number of aryl methyl sites for hydroxylation is 1. The Labute approximate surface area is 148 Å². The number of nitrogens with zero attached hydrogens (tertiary/aromatic N) is 4. The Morgan fingerprint density at radius 2 is 1.96 bits per heavy atom. The summed E-state index contributed by atoms with van der Waals surface area (Å²) in [6.45, 7) is 3.77. The first-order valence-corrected chi connectivity index (χ1v) is 8.62. The van der Waals surface area contributed by atoms with E-state index < -0.39 is 0 Å². The van der Waals surface area contributed by atoms with E-state index in [1.165, 1.54) is 0 Å². The van der Waals surface area contributed by atoms with Crippen LogP contribution in [0.1, 0.15) is 36.0 Å². The fourth-order valence-corrected chi connectivity index (χ4v) is 3.01. The van der Waals surface area contributed by atoms with E-state index in [-0.39, 0.29) is 11.9 Å². The third-order valence-corrected chi connectivity index (χ3v) is 4.57. The molecule has 1 aliphatic rings. The van der Waals surface area contributed by atoms with Gasteiger partial charge in [0.2, 0.25) is 5.89 Å². The number of hydrogen-bond acceptors (Lipinski definition) is 5. The van der Waals surface area contributed by atoms with Crippen molar-refractivity contribution in [2.45, 2.75) is 32.2 Å². The van der Waals surface area contributed by atoms with Crippen LogP contribution in [0.2, 0.25) is 0 Å². The molecule has 1 aromatic carbocycles. The summed E-state index contributed by atoms with van der Waals surface area (Å²) >= 11 is 0. The van der Waals surface area contributed by atoms with Gasteiger partial charge in [-0.25, -0.2) is 4.79 Å². The van der Waals surface area contributed by atoms with Crippen molar-refractivity contribution in [3.63, 3.8) is 0 Å². The minimum atomic E-state index is -0.0168. The molecule has 0 aliphatic carbocycles. The molecule has 0 unspecified atom stereocenters. The summed E-state index contributed by atoms with van der Waals surface area (Å²) in [7, 11) is 4.02. The maximum absolute atomic E-state index is 12.3. The molecule has 3 rings (SSSR count). The molecule has 0 bridgehead atoms. The molecule has 0 atom stereocenters. The SMILES string of the molecule is Cc1noc(C2CCN(C(=O)NCc3ccc(N(C)C)cc3)CC2)n1. The van der Waals surface area contributed by atoms with Crippen molar-refractivity contribution >= 4 is 11.7 Å². The molecule has 2 amide bonds. The lowest BCUT2D eigenvalue weighted by atomic mass is 9.97. The molecule has 1 saturated heterocycles. The first kappa shape index (κ1) is 17.3. The van der Waals surface area contributed by atoms with Gasteiger partial charge in [-0.3, -0.25) is 0 Å². The van der Waals surface area contributed by atoms with Crippen molar-refractivity contribution in [1.82, 2.24) is 20.4 Å². The number of rotatable bonds is 4. The van der Waals surface area contributed by atoms with E-state index in [1.807, 2.05) is 38.1 Å². The highest BCUT2D eigenvalue weighted by Gasteiger charge is 2.27. The summed E-state index contributed by atoms with van der Waals surface area (Å²) in [5, 5.41) is 6.84. The molecule has 2 heterocycles. The first-order chi connectivity index (χ1) is 12.0. The Bertz CT molecular complexity index is 703. The summed E-state index contributed by atoms with van der Waals surface area (Å²) in [6.07, 6.45) is 1.71. The molecule has 7 nitrogen and oxygen atoms in total. The van der Waals surface area contributed by atoms with Gasteiger partial charge in [0, 0.05) is 45.3 Å². The summed E-state index contributed by atoms with van der Waals surface area (Å²) in [5.74, 6) is 1.61. The maximum atomic E-state index is 12.3. The molecule has 1 N–H and O–H groups in total. The van der Waals surface area contributed by atoms with E-state index in [2.05, 4.69) is 32.5 Å². The van der Waals surface area contributed by atoms with Gasteiger partial charge in [-0.2, -0.15) is 4.98 Å². The van der Waals surface area contributed by atoms with Crippen molar-refractivity contribution in [3.05, 3.63) is 41.5 Å². The van der Waals surface area contributed by atoms with Gasteiger partial charge < -0.3 is 19.6 Å².